The number of anilines is 2. The summed E-state index contributed by atoms with van der Waals surface area (Å²) in [6.45, 7) is 3.29. The molecule has 1 aliphatic carbocycles. The highest BCUT2D eigenvalue weighted by molar-refractivity contribution is 7.99. The molecule has 268 valence electrons. The molecule has 3 aromatic rings. The third-order valence-electron chi connectivity index (χ3n) is 10.1. The SMILES string of the molecule is O=C1CCC(Nc2ccc(N3CCC(N4CCC(SCc5nc6cc(OCC7CC7)cc(F)c6c(=O)[nH]5)CC4)CC3)c(C(F)(F)F)c2)C(=O)N1. The number of imide groups is 1. The largest absolute Gasteiger partial charge is 0.493 e. The van der Waals surface area contributed by atoms with Crippen molar-refractivity contribution < 1.29 is 31.9 Å². The van der Waals surface area contributed by atoms with Crippen molar-refractivity contribution in [3.63, 3.8) is 0 Å². The molecule has 1 unspecified atom stereocenters. The van der Waals surface area contributed by atoms with Crippen LogP contribution in [0.1, 0.15) is 62.8 Å². The van der Waals surface area contributed by atoms with Gasteiger partial charge in [0, 0.05) is 54.3 Å². The lowest BCUT2D eigenvalue weighted by Crippen LogP contribution is -2.48. The number of hydrogen-bond donors (Lipinski definition) is 3. The number of hydrogen-bond acceptors (Lipinski definition) is 9. The van der Waals surface area contributed by atoms with Gasteiger partial charge in [0.2, 0.25) is 11.8 Å². The number of amides is 2. The summed E-state index contributed by atoms with van der Waals surface area (Å²) in [6.07, 6.45) is 1.38. The Labute approximate surface area is 290 Å². The zero-order valence-corrected chi connectivity index (χ0v) is 28.3. The second-order valence-electron chi connectivity index (χ2n) is 13.7. The fraction of sp³-hybridized carbons (Fsp3) is 0.543. The predicted octanol–water partition coefficient (Wildman–Crippen LogP) is 5.45. The zero-order chi connectivity index (χ0) is 35.0. The molecule has 3 N–H and O–H groups in total. The summed E-state index contributed by atoms with van der Waals surface area (Å²) in [5.74, 6) is 0.324. The van der Waals surface area contributed by atoms with E-state index in [9.17, 15) is 31.9 Å². The van der Waals surface area contributed by atoms with Gasteiger partial charge in [-0.05, 0) is 82.2 Å². The molecular weight excluding hydrogens is 676 g/mol. The Morgan fingerprint density at radius 1 is 0.960 bits per heavy atom. The van der Waals surface area contributed by atoms with Crippen LogP contribution in [0, 0.1) is 11.7 Å². The molecule has 2 aromatic carbocycles. The van der Waals surface area contributed by atoms with E-state index in [0.717, 1.165) is 57.7 Å². The van der Waals surface area contributed by atoms with E-state index >= 15 is 0 Å². The summed E-state index contributed by atoms with van der Waals surface area (Å²) in [5.41, 5.74) is -0.643. The topological polar surface area (TPSA) is 120 Å². The van der Waals surface area contributed by atoms with Gasteiger partial charge in [-0.15, -0.1) is 0 Å². The molecule has 50 heavy (non-hydrogen) atoms. The zero-order valence-electron chi connectivity index (χ0n) is 27.5. The molecule has 1 aromatic heterocycles. The Balaban J connectivity index is 0.907. The summed E-state index contributed by atoms with van der Waals surface area (Å²) in [7, 11) is 0. The molecule has 4 fully saturated rings. The Morgan fingerprint density at radius 2 is 1.72 bits per heavy atom. The number of aromatic amines is 1. The number of alkyl halides is 3. The van der Waals surface area contributed by atoms with Crippen molar-refractivity contribution in [3.8, 4) is 5.75 Å². The van der Waals surface area contributed by atoms with Crippen LogP contribution in [0.25, 0.3) is 10.9 Å². The molecule has 10 nitrogen and oxygen atoms in total. The maximum Gasteiger partial charge on any atom is 0.418 e. The highest BCUT2D eigenvalue weighted by atomic mass is 32.2. The number of carbonyl (C=O) groups is 2. The molecule has 1 saturated carbocycles. The lowest BCUT2D eigenvalue weighted by molar-refractivity contribution is -0.137. The number of thioether (sulfide) groups is 1. The molecule has 15 heteroatoms. The third kappa shape index (κ3) is 8.03. The summed E-state index contributed by atoms with van der Waals surface area (Å²) in [6, 6.07) is 6.47. The minimum absolute atomic E-state index is 0.0645. The average molecular weight is 717 g/mol. The van der Waals surface area contributed by atoms with Gasteiger partial charge in [-0.3, -0.25) is 19.7 Å². The number of piperidine rings is 3. The number of halogens is 4. The Kier molecular flexibility index (Phi) is 9.97. The molecular formula is C35H40F4N6O4S. The first-order chi connectivity index (χ1) is 24.0. The molecule has 3 aliphatic heterocycles. The normalized spacial score (nSPS) is 21.4. The van der Waals surface area contributed by atoms with E-state index in [1.54, 1.807) is 28.8 Å². The van der Waals surface area contributed by atoms with Crippen LogP contribution in [0.15, 0.2) is 35.1 Å². The Hall–Kier alpha value is -3.85. The molecule has 0 radical (unpaired) electrons. The van der Waals surface area contributed by atoms with Gasteiger partial charge in [-0.1, -0.05) is 0 Å². The Morgan fingerprint density at radius 3 is 2.42 bits per heavy atom. The molecule has 2 amide bonds. The van der Waals surface area contributed by atoms with Crippen LogP contribution in [0.2, 0.25) is 0 Å². The van der Waals surface area contributed by atoms with Crippen molar-refractivity contribution in [3.05, 3.63) is 57.9 Å². The van der Waals surface area contributed by atoms with E-state index in [2.05, 4.69) is 25.5 Å². The maximum atomic E-state index is 14.7. The van der Waals surface area contributed by atoms with E-state index in [-0.39, 0.29) is 41.6 Å². The number of rotatable bonds is 10. The second-order valence-corrected chi connectivity index (χ2v) is 15.0. The molecule has 7 rings (SSSR count). The highest BCUT2D eigenvalue weighted by Crippen LogP contribution is 2.40. The molecule has 0 spiro atoms. The molecule has 3 saturated heterocycles. The predicted molar refractivity (Wildman–Crippen MR) is 183 cm³/mol. The molecule has 0 bridgehead atoms. The van der Waals surface area contributed by atoms with Crippen LogP contribution in [0.5, 0.6) is 5.75 Å². The van der Waals surface area contributed by atoms with Crippen LogP contribution >= 0.6 is 11.8 Å². The maximum absolute atomic E-state index is 14.7. The Bertz CT molecular complexity index is 1800. The molecule has 1 atom stereocenters. The minimum atomic E-state index is -4.58. The third-order valence-corrected chi connectivity index (χ3v) is 11.5. The average Bonchev–Trinajstić information content (AvgIpc) is 3.92. The lowest BCUT2D eigenvalue weighted by atomic mass is 9.98. The molecule has 4 aliphatic rings. The lowest BCUT2D eigenvalue weighted by Gasteiger charge is -2.42. The number of carbonyl (C=O) groups excluding carboxylic acids is 2. The first-order valence-corrected chi connectivity index (χ1v) is 18.3. The van der Waals surface area contributed by atoms with Crippen molar-refractivity contribution in [2.75, 3.05) is 43.0 Å². The first kappa shape index (κ1) is 34.6. The van der Waals surface area contributed by atoms with Crippen molar-refractivity contribution in [2.45, 2.75) is 80.6 Å². The van der Waals surface area contributed by atoms with E-state index in [4.69, 9.17) is 4.74 Å². The van der Waals surface area contributed by atoms with Crippen LogP contribution in [0.3, 0.4) is 0 Å². The van der Waals surface area contributed by atoms with Crippen LogP contribution in [-0.2, 0) is 21.5 Å². The van der Waals surface area contributed by atoms with Gasteiger partial charge in [0.25, 0.3) is 5.56 Å². The monoisotopic (exact) mass is 716 g/mol. The summed E-state index contributed by atoms with van der Waals surface area (Å²) >= 11 is 1.72. The van der Waals surface area contributed by atoms with Gasteiger partial charge in [0.1, 0.15) is 28.8 Å². The molecule has 4 heterocycles. The van der Waals surface area contributed by atoms with Gasteiger partial charge in [-0.25, -0.2) is 9.37 Å². The number of benzene rings is 2. The second kappa shape index (κ2) is 14.4. The van der Waals surface area contributed by atoms with Gasteiger partial charge < -0.3 is 24.8 Å². The smallest absolute Gasteiger partial charge is 0.418 e. The summed E-state index contributed by atoms with van der Waals surface area (Å²) < 4.78 is 63.1. The number of nitrogens with zero attached hydrogens (tertiary/aromatic N) is 3. The van der Waals surface area contributed by atoms with Crippen LogP contribution in [-0.4, -0.2) is 76.8 Å². The van der Waals surface area contributed by atoms with Gasteiger partial charge in [0.15, 0.2) is 0 Å². The van der Waals surface area contributed by atoms with Crippen molar-refractivity contribution >= 4 is 45.9 Å². The van der Waals surface area contributed by atoms with Gasteiger partial charge >= 0.3 is 6.18 Å². The van der Waals surface area contributed by atoms with Crippen molar-refractivity contribution in [2.24, 2.45) is 5.92 Å². The van der Waals surface area contributed by atoms with E-state index < -0.39 is 35.1 Å². The number of ether oxygens (including phenoxy) is 1. The standard InChI is InChI=1S/C35H40F4N6O4S/c36-26-16-23(49-18-20-1-2-20)17-28-32(26)34(48)42-30(41-28)19-50-24-9-13-44(14-10-24)22-7-11-45(12-8-22)29-5-3-21(15-25(29)35(37,38)39)40-27-4-6-31(46)43-33(27)47/h3,5,15-17,20,22,24,27,40H,1-2,4,6-14,18-19H2,(H,41,42,48)(H,43,46,47). The van der Waals surface area contributed by atoms with E-state index in [0.29, 0.717) is 53.7 Å². The number of H-pyrrole nitrogens is 1. The highest BCUT2D eigenvalue weighted by Gasteiger charge is 2.37. The summed E-state index contributed by atoms with van der Waals surface area (Å²) in [4.78, 5) is 47.8. The van der Waals surface area contributed by atoms with E-state index in [1.807, 2.05) is 0 Å². The van der Waals surface area contributed by atoms with E-state index in [1.165, 1.54) is 12.1 Å². The number of fused-ring (bicyclic) bond motifs is 1. The number of nitrogens with one attached hydrogen (secondary N) is 3. The quantitative estimate of drug-likeness (QED) is 0.186. The van der Waals surface area contributed by atoms with Crippen LogP contribution in [0.4, 0.5) is 28.9 Å². The van der Waals surface area contributed by atoms with Crippen molar-refractivity contribution in [1.82, 2.24) is 20.2 Å². The number of aromatic nitrogens is 2. The fourth-order valence-electron chi connectivity index (χ4n) is 7.14. The van der Waals surface area contributed by atoms with Crippen molar-refractivity contribution in [1.29, 1.82) is 0 Å². The number of likely N-dealkylation sites (tertiary alicyclic amines) is 1. The fourth-order valence-corrected chi connectivity index (χ4v) is 8.21. The first-order valence-electron chi connectivity index (χ1n) is 17.3. The van der Waals surface area contributed by atoms with Gasteiger partial charge in [0.05, 0.1) is 23.4 Å². The minimum Gasteiger partial charge on any atom is -0.493 e. The summed E-state index contributed by atoms with van der Waals surface area (Å²) in [5, 5.41) is 5.37. The van der Waals surface area contributed by atoms with Gasteiger partial charge in [-0.2, -0.15) is 24.9 Å². The van der Waals surface area contributed by atoms with Crippen LogP contribution < -0.4 is 25.8 Å².